The Labute approximate surface area is 138 Å². The van der Waals surface area contributed by atoms with Gasteiger partial charge in [0.05, 0.1) is 0 Å². The van der Waals surface area contributed by atoms with Crippen LogP contribution in [-0.4, -0.2) is 9.55 Å². The number of hydrogen-bond donors (Lipinski definition) is 0. The highest BCUT2D eigenvalue weighted by Crippen LogP contribution is 2.31. The summed E-state index contributed by atoms with van der Waals surface area (Å²) in [4.78, 5) is 3.17. The van der Waals surface area contributed by atoms with Crippen molar-refractivity contribution < 1.29 is 8.78 Å². The molecule has 0 aliphatic carbocycles. The van der Waals surface area contributed by atoms with Crippen LogP contribution in [0.1, 0.15) is 5.56 Å². The van der Waals surface area contributed by atoms with Crippen molar-refractivity contribution in [3.8, 4) is 11.1 Å². The van der Waals surface area contributed by atoms with E-state index in [9.17, 15) is 8.78 Å². The minimum absolute atomic E-state index is 0.489. The van der Waals surface area contributed by atoms with E-state index in [4.69, 9.17) is 0 Å². The van der Waals surface area contributed by atoms with Crippen LogP contribution < -0.4 is 0 Å². The lowest BCUT2D eigenvalue weighted by Gasteiger charge is -2.05. The van der Waals surface area contributed by atoms with Crippen molar-refractivity contribution in [2.24, 2.45) is 0 Å². The molecule has 2 nitrogen and oxygen atoms in total. The second kappa shape index (κ2) is 5.89. The second-order valence-corrected chi connectivity index (χ2v) is 5.67. The topological polar surface area (TPSA) is 17.8 Å². The molecule has 0 aliphatic heterocycles. The first kappa shape index (κ1) is 14.6. The van der Waals surface area contributed by atoms with E-state index in [1.165, 1.54) is 12.1 Å². The molecule has 0 radical (unpaired) electrons. The van der Waals surface area contributed by atoms with Crippen LogP contribution >= 0.6 is 0 Å². The van der Waals surface area contributed by atoms with Crippen LogP contribution in [0.4, 0.5) is 8.78 Å². The maximum absolute atomic E-state index is 13.5. The van der Waals surface area contributed by atoms with Gasteiger partial charge in [0.15, 0.2) is 0 Å². The minimum atomic E-state index is -0.815. The Morgan fingerprint density at radius 1 is 0.833 bits per heavy atom. The van der Waals surface area contributed by atoms with E-state index in [0.29, 0.717) is 12.1 Å². The Morgan fingerprint density at radius 2 is 1.50 bits per heavy atom. The fourth-order valence-corrected chi connectivity index (χ4v) is 3.01. The summed E-state index contributed by atoms with van der Waals surface area (Å²) in [6.45, 7) is 0.692. The molecule has 0 saturated heterocycles. The second-order valence-electron chi connectivity index (χ2n) is 5.67. The van der Waals surface area contributed by atoms with Crippen LogP contribution in [0.5, 0.6) is 0 Å². The molecule has 2 heterocycles. The monoisotopic (exact) mass is 320 g/mol. The van der Waals surface area contributed by atoms with E-state index < -0.39 is 11.9 Å². The normalized spacial score (nSPS) is 11.1. The van der Waals surface area contributed by atoms with E-state index in [1.807, 2.05) is 48.7 Å². The van der Waals surface area contributed by atoms with Crippen LogP contribution in [-0.2, 0) is 6.54 Å². The van der Waals surface area contributed by atoms with Gasteiger partial charge in [-0.1, -0.05) is 48.5 Å². The summed E-state index contributed by atoms with van der Waals surface area (Å²) < 4.78 is 29.1. The van der Waals surface area contributed by atoms with Crippen molar-refractivity contribution in [1.29, 1.82) is 0 Å². The lowest BCUT2D eigenvalue weighted by molar-refractivity contribution is 0.513. The van der Waals surface area contributed by atoms with E-state index in [-0.39, 0.29) is 0 Å². The van der Waals surface area contributed by atoms with Crippen LogP contribution in [0.3, 0.4) is 0 Å². The Bertz CT molecular complexity index is 987. The molecular weight excluding hydrogens is 306 g/mol. The standard InChI is InChI=1S/C20H14F2N2/c21-19-10-15(11-20(22)23-19)17-13-24(12-14-6-2-1-3-7-14)18-9-5-4-8-16(17)18/h1-11,13H,12H2. The molecule has 4 rings (SSSR count). The number of benzene rings is 2. The van der Waals surface area contributed by atoms with Crippen molar-refractivity contribution in [3.63, 3.8) is 0 Å². The molecule has 0 amide bonds. The SMILES string of the molecule is Fc1cc(-c2cn(Cc3ccccc3)c3ccccc23)cc(F)n1. The number of aromatic nitrogens is 2. The number of rotatable bonds is 3. The summed E-state index contributed by atoms with van der Waals surface area (Å²) in [6, 6.07) is 20.5. The van der Waals surface area contributed by atoms with Gasteiger partial charge >= 0.3 is 0 Å². The molecule has 0 spiro atoms. The number of hydrogen-bond acceptors (Lipinski definition) is 1. The van der Waals surface area contributed by atoms with Gasteiger partial charge in [-0.05, 0) is 17.2 Å². The van der Waals surface area contributed by atoms with Crippen molar-refractivity contribution in [2.75, 3.05) is 0 Å². The molecule has 24 heavy (non-hydrogen) atoms. The van der Waals surface area contributed by atoms with Gasteiger partial charge in [-0.2, -0.15) is 13.8 Å². The largest absolute Gasteiger partial charge is 0.342 e. The van der Waals surface area contributed by atoms with Gasteiger partial charge < -0.3 is 4.57 Å². The van der Waals surface area contributed by atoms with Crippen LogP contribution in [0.15, 0.2) is 72.9 Å². The Balaban J connectivity index is 1.88. The zero-order valence-corrected chi connectivity index (χ0v) is 12.8. The first-order chi connectivity index (χ1) is 11.7. The maximum atomic E-state index is 13.5. The van der Waals surface area contributed by atoms with Crippen molar-refractivity contribution in [3.05, 3.63) is 90.4 Å². The first-order valence-corrected chi connectivity index (χ1v) is 7.66. The lowest BCUT2D eigenvalue weighted by atomic mass is 10.1. The lowest BCUT2D eigenvalue weighted by Crippen LogP contribution is -1.97. The third kappa shape index (κ3) is 2.67. The number of fused-ring (bicyclic) bond motifs is 1. The number of pyridine rings is 1. The van der Waals surface area contributed by atoms with Gasteiger partial charge in [-0.15, -0.1) is 0 Å². The van der Waals surface area contributed by atoms with Gasteiger partial charge in [0.25, 0.3) is 0 Å². The van der Waals surface area contributed by atoms with Gasteiger partial charge in [-0.3, -0.25) is 0 Å². The summed E-state index contributed by atoms with van der Waals surface area (Å²) in [5.41, 5.74) is 3.47. The maximum Gasteiger partial charge on any atom is 0.216 e. The molecule has 0 N–H and O–H groups in total. The quantitative estimate of drug-likeness (QED) is 0.484. The molecule has 0 bridgehead atoms. The number of para-hydroxylation sites is 1. The molecule has 2 aromatic heterocycles. The number of nitrogens with zero attached hydrogens (tertiary/aromatic N) is 2. The van der Waals surface area contributed by atoms with Gasteiger partial charge in [-0.25, -0.2) is 0 Å². The summed E-state index contributed by atoms with van der Waals surface area (Å²) in [5.74, 6) is -1.63. The zero-order valence-electron chi connectivity index (χ0n) is 12.8. The number of halogens is 2. The van der Waals surface area contributed by atoms with E-state index in [2.05, 4.69) is 21.7 Å². The third-order valence-electron chi connectivity index (χ3n) is 4.06. The molecule has 0 unspecified atom stereocenters. The molecule has 4 heteroatoms. The van der Waals surface area contributed by atoms with Crippen molar-refractivity contribution in [1.82, 2.24) is 9.55 Å². The predicted molar refractivity (Wildman–Crippen MR) is 90.6 cm³/mol. The van der Waals surface area contributed by atoms with Crippen LogP contribution in [0.25, 0.3) is 22.0 Å². The summed E-state index contributed by atoms with van der Waals surface area (Å²) in [6.07, 6.45) is 1.94. The first-order valence-electron chi connectivity index (χ1n) is 7.66. The van der Waals surface area contributed by atoms with E-state index in [0.717, 1.165) is 22.0 Å². The predicted octanol–water partition coefficient (Wildman–Crippen LogP) is 5.03. The average Bonchev–Trinajstić information content (AvgIpc) is 2.94. The highest BCUT2D eigenvalue weighted by atomic mass is 19.1. The third-order valence-corrected chi connectivity index (χ3v) is 4.06. The molecule has 0 saturated carbocycles. The van der Waals surface area contributed by atoms with E-state index in [1.54, 1.807) is 0 Å². The Morgan fingerprint density at radius 3 is 2.25 bits per heavy atom. The fourth-order valence-electron chi connectivity index (χ4n) is 3.01. The molecule has 4 aromatic rings. The van der Waals surface area contributed by atoms with Crippen molar-refractivity contribution in [2.45, 2.75) is 6.54 Å². The van der Waals surface area contributed by atoms with Gasteiger partial charge in [0.1, 0.15) is 0 Å². The zero-order chi connectivity index (χ0) is 16.5. The highest BCUT2D eigenvalue weighted by molar-refractivity contribution is 5.96. The van der Waals surface area contributed by atoms with Gasteiger partial charge in [0.2, 0.25) is 11.9 Å². The Hall–Kier alpha value is -3.01. The van der Waals surface area contributed by atoms with Crippen LogP contribution in [0.2, 0.25) is 0 Å². The summed E-state index contributed by atoms with van der Waals surface area (Å²) >= 11 is 0. The molecule has 2 aromatic carbocycles. The highest BCUT2D eigenvalue weighted by Gasteiger charge is 2.12. The molecule has 0 fully saturated rings. The summed E-state index contributed by atoms with van der Waals surface area (Å²) in [7, 11) is 0. The molecule has 0 atom stereocenters. The molecular formula is C20H14F2N2. The van der Waals surface area contributed by atoms with E-state index >= 15 is 0 Å². The minimum Gasteiger partial charge on any atom is -0.342 e. The molecule has 118 valence electrons. The van der Waals surface area contributed by atoms with Crippen molar-refractivity contribution >= 4 is 10.9 Å². The Kier molecular flexibility index (Phi) is 3.58. The summed E-state index contributed by atoms with van der Waals surface area (Å²) in [5, 5.41) is 0.957. The fraction of sp³-hybridized carbons (Fsp3) is 0.0500. The average molecular weight is 320 g/mol. The molecule has 0 aliphatic rings. The van der Waals surface area contributed by atoms with Gasteiger partial charge in [0, 0.05) is 41.3 Å². The smallest absolute Gasteiger partial charge is 0.216 e. The van der Waals surface area contributed by atoms with Crippen LogP contribution in [0, 0.1) is 11.9 Å².